The van der Waals surface area contributed by atoms with Gasteiger partial charge in [0.15, 0.2) is 0 Å². The van der Waals surface area contributed by atoms with E-state index in [1.165, 1.54) is 19.3 Å². The zero-order chi connectivity index (χ0) is 20.7. The molecule has 164 valence electrons. The minimum Gasteiger partial charge on any atom is -0.380 e. The van der Waals surface area contributed by atoms with Crippen LogP contribution in [0.2, 0.25) is 0 Å². The molecule has 0 radical (unpaired) electrons. The fourth-order valence-corrected chi connectivity index (χ4v) is 6.28. The van der Waals surface area contributed by atoms with Gasteiger partial charge in [-0.05, 0) is 57.2 Å². The van der Waals surface area contributed by atoms with Crippen molar-refractivity contribution in [2.75, 3.05) is 26.2 Å². The highest BCUT2D eigenvalue weighted by Crippen LogP contribution is 2.38. The van der Waals surface area contributed by atoms with E-state index in [0.717, 1.165) is 56.6 Å². The van der Waals surface area contributed by atoms with Crippen molar-refractivity contribution in [3.63, 3.8) is 0 Å². The number of aromatic nitrogens is 1. The standard InChI is InChI=1S/C24H35N3O3/c28-22-19(16-25-11-5-2-6-12-25)7-8-21-20-13-18(15-27(21)22)14-26(17-20)23(29)24(30)9-3-1-4-10-24/h7-8,18,20,30H,1-6,9-17H2/t18-,20+/m0/s1. The lowest BCUT2D eigenvalue weighted by atomic mass is 9.80. The number of carbonyl (C=O) groups is 1. The van der Waals surface area contributed by atoms with Gasteiger partial charge in [-0.25, -0.2) is 0 Å². The third-order valence-corrected chi connectivity index (χ3v) is 7.89. The molecule has 6 heteroatoms. The molecule has 2 saturated heterocycles. The highest BCUT2D eigenvalue weighted by Gasteiger charge is 2.44. The Morgan fingerprint density at radius 3 is 2.50 bits per heavy atom. The molecule has 4 aliphatic rings. The van der Waals surface area contributed by atoms with Gasteiger partial charge in [0.05, 0.1) is 0 Å². The third-order valence-electron chi connectivity index (χ3n) is 7.89. The Labute approximate surface area is 178 Å². The van der Waals surface area contributed by atoms with Crippen LogP contribution >= 0.6 is 0 Å². The first-order valence-electron chi connectivity index (χ1n) is 12.0. The summed E-state index contributed by atoms with van der Waals surface area (Å²) in [4.78, 5) is 30.7. The van der Waals surface area contributed by atoms with Crippen molar-refractivity contribution < 1.29 is 9.90 Å². The molecule has 0 spiro atoms. The number of hydrogen-bond donors (Lipinski definition) is 1. The molecule has 5 rings (SSSR count). The van der Waals surface area contributed by atoms with Gasteiger partial charge in [0.1, 0.15) is 5.60 Å². The predicted molar refractivity (Wildman–Crippen MR) is 115 cm³/mol. The molecule has 1 aliphatic carbocycles. The van der Waals surface area contributed by atoms with Crippen LogP contribution in [0.3, 0.4) is 0 Å². The summed E-state index contributed by atoms with van der Waals surface area (Å²) in [6.07, 6.45) is 8.94. The van der Waals surface area contributed by atoms with Gasteiger partial charge in [0.2, 0.25) is 0 Å². The van der Waals surface area contributed by atoms with E-state index in [1.807, 2.05) is 15.5 Å². The largest absolute Gasteiger partial charge is 0.380 e. The van der Waals surface area contributed by atoms with Gasteiger partial charge in [-0.3, -0.25) is 14.5 Å². The van der Waals surface area contributed by atoms with Crippen LogP contribution in [0.1, 0.15) is 75.0 Å². The van der Waals surface area contributed by atoms with Crippen molar-refractivity contribution >= 4 is 5.91 Å². The summed E-state index contributed by atoms with van der Waals surface area (Å²) in [5.74, 6) is 0.426. The maximum Gasteiger partial charge on any atom is 0.255 e. The highest BCUT2D eigenvalue weighted by atomic mass is 16.3. The molecule has 2 bridgehead atoms. The van der Waals surface area contributed by atoms with E-state index in [9.17, 15) is 14.7 Å². The molecular formula is C24H35N3O3. The number of piperidine rings is 2. The molecule has 0 unspecified atom stereocenters. The number of fused-ring (bicyclic) bond motifs is 4. The number of nitrogens with zero attached hydrogens (tertiary/aromatic N) is 3. The molecule has 30 heavy (non-hydrogen) atoms. The number of pyridine rings is 1. The molecule has 1 aromatic heterocycles. The third kappa shape index (κ3) is 3.73. The van der Waals surface area contributed by atoms with E-state index in [0.29, 0.717) is 38.4 Å². The van der Waals surface area contributed by atoms with Crippen LogP contribution in [0.25, 0.3) is 0 Å². The Kier molecular flexibility index (Phi) is 5.48. The van der Waals surface area contributed by atoms with Crippen LogP contribution in [-0.2, 0) is 17.9 Å². The van der Waals surface area contributed by atoms with E-state index in [4.69, 9.17) is 0 Å². The molecule has 1 aromatic rings. The normalized spacial score (nSPS) is 28.8. The molecular weight excluding hydrogens is 378 g/mol. The van der Waals surface area contributed by atoms with Crippen LogP contribution < -0.4 is 5.56 Å². The minimum atomic E-state index is -1.16. The van der Waals surface area contributed by atoms with Crippen LogP contribution in [0.5, 0.6) is 0 Å². The van der Waals surface area contributed by atoms with Crippen LogP contribution in [-0.4, -0.2) is 57.2 Å². The number of rotatable bonds is 3. The summed E-state index contributed by atoms with van der Waals surface area (Å²) in [7, 11) is 0. The van der Waals surface area contributed by atoms with E-state index in [-0.39, 0.29) is 17.4 Å². The van der Waals surface area contributed by atoms with Gasteiger partial charge in [0.25, 0.3) is 11.5 Å². The number of carbonyl (C=O) groups excluding carboxylic acids is 1. The molecule has 1 N–H and O–H groups in total. The van der Waals surface area contributed by atoms with Crippen molar-refractivity contribution in [2.24, 2.45) is 5.92 Å². The molecule has 3 aliphatic heterocycles. The van der Waals surface area contributed by atoms with Gasteiger partial charge in [-0.1, -0.05) is 31.7 Å². The molecule has 6 nitrogen and oxygen atoms in total. The van der Waals surface area contributed by atoms with Gasteiger partial charge in [0, 0.05) is 43.4 Å². The van der Waals surface area contributed by atoms with E-state index >= 15 is 0 Å². The topological polar surface area (TPSA) is 65.8 Å². The highest BCUT2D eigenvalue weighted by molar-refractivity contribution is 5.85. The predicted octanol–water partition coefficient (Wildman–Crippen LogP) is 2.48. The fraction of sp³-hybridized carbons (Fsp3) is 0.750. The van der Waals surface area contributed by atoms with Crippen molar-refractivity contribution in [2.45, 2.75) is 82.4 Å². The number of aliphatic hydroxyl groups is 1. The maximum absolute atomic E-state index is 13.2. The monoisotopic (exact) mass is 413 g/mol. The first-order chi connectivity index (χ1) is 14.5. The summed E-state index contributed by atoms with van der Waals surface area (Å²) < 4.78 is 2.00. The zero-order valence-electron chi connectivity index (χ0n) is 18.0. The summed E-state index contributed by atoms with van der Waals surface area (Å²) in [6, 6.07) is 4.16. The number of likely N-dealkylation sites (tertiary alicyclic amines) is 2. The van der Waals surface area contributed by atoms with Gasteiger partial charge >= 0.3 is 0 Å². The Hall–Kier alpha value is -1.66. The smallest absolute Gasteiger partial charge is 0.255 e. The lowest BCUT2D eigenvalue weighted by molar-refractivity contribution is -0.157. The molecule has 0 aromatic carbocycles. The maximum atomic E-state index is 13.2. The second kappa shape index (κ2) is 8.12. The number of amides is 1. The van der Waals surface area contributed by atoms with Gasteiger partial charge in [-0.15, -0.1) is 0 Å². The van der Waals surface area contributed by atoms with Crippen LogP contribution in [0.4, 0.5) is 0 Å². The average molecular weight is 414 g/mol. The Balaban J connectivity index is 1.34. The summed E-state index contributed by atoms with van der Waals surface area (Å²) in [5, 5.41) is 10.9. The zero-order valence-corrected chi connectivity index (χ0v) is 18.0. The Bertz CT molecular complexity index is 852. The second-order valence-corrected chi connectivity index (χ2v) is 10.1. The van der Waals surface area contributed by atoms with Crippen molar-refractivity contribution in [3.8, 4) is 0 Å². The van der Waals surface area contributed by atoms with Crippen molar-refractivity contribution in [1.29, 1.82) is 0 Å². The van der Waals surface area contributed by atoms with Gasteiger partial charge < -0.3 is 14.6 Å². The molecule has 3 fully saturated rings. The van der Waals surface area contributed by atoms with E-state index in [1.54, 1.807) is 0 Å². The molecule has 1 amide bonds. The Morgan fingerprint density at radius 1 is 1.00 bits per heavy atom. The summed E-state index contributed by atoms with van der Waals surface area (Å²) in [5.41, 5.74) is 0.984. The van der Waals surface area contributed by atoms with E-state index < -0.39 is 5.60 Å². The summed E-state index contributed by atoms with van der Waals surface area (Å²) in [6.45, 7) is 4.92. The quantitative estimate of drug-likeness (QED) is 0.827. The lowest BCUT2D eigenvalue weighted by Gasteiger charge is -2.45. The lowest BCUT2D eigenvalue weighted by Crippen LogP contribution is -2.56. The first kappa shape index (κ1) is 20.3. The minimum absolute atomic E-state index is 0.0746. The van der Waals surface area contributed by atoms with Crippen molar-refractivity contribution in [1.82, 2.24) is 14.4 Å². The van der Waals surface area contributed by atoms with Crippen molar-refractivity contribution in [3.05, 3.63) is 33.7 Å². The average Bonchev–Trinajstić information content (AvgIpc) is 2.76. The molecule has 2 atom stereocenters. The van der Waals surface area contributed by atoms with E-state index in [2.05, 4.69) is 11.0 Å². The fourth-order valence-electron chi connectivity index (χ4n) is 6.28. The van der Waals surface area contributed by atoms with Crippen LogP contribution in [0, 0.1) is 5.92 Å². The molecule has 4 heterocycles. The molecule has 1 saturated carbocycles. The first-order valence-corrected chi connectivity index (χ1v) is 12.0. The SMILES string of the molecule is O=C(N1C[C@@H]2C[C@H](C1)c1ccc(CN3CCCCC3)c(=O)n1C2)C1(O)CCCCC1. The summed E-state index contributed by atoms with van der Waals surface area (Å²) >= 11 is 0. The van der Waals surface area contributed by atoms with Crippen LogP contribution in [0.15, 0.2) is 16.9 Å². The second-order valence-electron chi connectivity index (χ2n) is 10.1. The van der Waals surface area contributed by atoms with Gasteiger partial charge in [-0.2, -0.15) is 0 Å². The Morgan fingerprint density at radius 2 is 1.73 bits per heavy atom. The number of hydrogen-bond acceptors (Lipinski definition) is 4.